The van der Waals surface area contributed by atoms with Crippen molar-refractivity contribution in [2.24, 2.45) is 0 Å². The van der Waals surface area contributed by atoms with Crippen LogP contribution in [0.15, 0.2) is 0 Å². The Labute approximate surface area is 93.2 Å². The van der Waals surface area contributed by atoms with Gasteiger partial charge in [-0.05, 0) is 6.42 Å². The molecule has 1 rings (SSSR count). The van der Waals surface area contributed by atoms with Gasteiger partial charge < -0.3 is 14.7 Å². The molecule has 1 N–H and O–H groups in total. The van der Waals surface area contributed by atoms with Crippen molar-refractivity contribution in [2.45, 2.75) is 33.6 Å². The molecule has 15 heavy (non-hydrogen) atoms. The molecule has 92 valence electrons. The van der Waals surface area contributed by atoms with Crippen LogP contribution >= 0.6 is 0 Å². The monoisotopic (exact) mass is 219 g/mol. The molecule has 0 aromatic heterocycles. The fraction of sp³-hybridized carbons (Fsp3) is 0.909. The molecule has 0 aliphatic carbocycles. The second-order valence-electron chi connectivity index (χ2n) is 2.80. The number of nitrogens with zero attached hydrogens (tertiary/aromatic N) is 1. The van der Waals surface area contributed by atoms with E-state index in [0.29, 0.717) is 18.9 Å². The van der Waals surface area contributed by atoms with Crippen LogP contribution in [0.4, 0.5) is 0 Å². The summed E-state index contributed by atoms with van der Waals surface area (Å²) in [4.78, 5) is 12.6. The van der Waals surface area contributed by atoms with Crippen molar-refractivity contribution < 1.29 is 14.6 Å². The lowest BCUT2D eigenvalue weighted by atomic mass is 10.2. The van der Waals surface area contributed by atoms with Crippen LogP contribution in [0.2, 0.25) is 0 Å². The Morgan fingerprint density at radius 1 is 1.40 bits per heavy atom. The van der Waals surface area contributed by atoms with Crippen LogP contribution in [0.1, 0.15) is 33.6 Å². The zero-order valence-electron chi connectivity index (χ0n) is 10.5. The number of aliphatic hydroxyl groups excluding tert-OH is 1. The quantitative estimate of drug-likeness (QED) is 0.778. The molecule has 1 amide bonds. The average Bonchev–Trinajstić information content (AvgIpc) is 2.20. The number of carbonyl (C=O) groups excluding carboxylic acids is 1. The largest absolute Gasteiger partial charge is 0.394 e. The molecule has 0 saturated carbocycles. The van der Waals surface area contributed by atoms with E-state index in [9.17, 15) is 4.79 Å². The zero-order valence-corrected chi connectivity index (χ0v) is 10.5. The SMILES string of the molecule is CC.CCC(=O)N1CCC1.COCCO. The van der Waals surface area contributed by atoms with E-state index in [0.717, 1.165) is 13.1 Å². The number of hydrogen-bond acceptors (Lipinski definition) is 3. The maximum Gasteiger partial charge on any atom is 0.222 e. The fourth-order valence-electron chi connectivity index (χ4n) is 0.881. The van der Waals surface area contributed by atoms with Gasteiger partial charge in [0.05, 0.1) is 13.2 Å². The van der Waals surface area contributed by atoms with Gasteiger partial charge in [0.2, 0.25) is 5.91 Å². The first-order chi connectivity index (χ1) is 7.26. The molecule has 4 heteroatoms. The highest BCUT2D eigenvalue weighted by atomic mass is 16.5. The molecule has 0 bridgehead atoms. The highest BCUT2D eigenvalue weighted by Gasteiger charge is 2.17. The number of likely N-dealkylation sites (tertiary alicyclic amines) is 1. The maximum absolute atomic E-state index is 10.7. The van der Waals surface area contributed by atoms with Crippen LogP contribution in [0.25, 0.3) is 0 Å². The molecule has 1 aliphatic rings. The summed E-state index contributed by atoms with van der Waals surface area (Å²) in [5.74, 6) is 0.302. The van der Waals surface area contributed by atoms with E-state index in [1.165, 1.54) is 6.42 Å². The van der Waals surface area contributed by atoms with Gasteiger partial charge in [0.15, 0.2) is 0 Å². The zero-order chi connectivity index (χ0) is 12.1. The first kappa shape index (κ1) is 16.8. The van der Waals surface area contributed by atoms with Gasteiger partial charge in [-0.3, -0.25) is 4.79 Å². The minimum absolute atomic E-state index is 0.122. The Kier molecular flexibility index (Phi) is 15.0. The summed E-state index contributed by atoms with van der Waals surface area (Å²) in [6.45, 7) is 8.45. The van der Waals surface area contributed by atoms with Crippen LogP contribution in [0.3, 0.4) is 0 Å². The van der Waals surface area contributed by atoms with Gasteiger partial charge >= 0.3 is 0 Å². The van der Waals surface area contributed by atoms with Gasteiger partial charge in [0.1, 0.15) is 0 Å². The molecule has 0 atom stereocenters. The van der Waals surface area contributed by atoms with E-state index in [1.54, 1.807) is 7.11 Å². The number of amides is 1. The molecular weight excluding hydrogens is 194 g/mol. The summed E-state index contributed by atoms with van der Waals surface area (Å²) in [6, 6.07) is 0. The van der Waals surface area contributed by atoms with Gasteiger partial charge in [-0.1, -0.05) is 20.8 Å². The molecule has 0 radical (unpaired) electrons. The fourth-order valence-corrected chi connectivity index (χ4v) is 0.881. The van der Waals surface area contributed by atoms with Crippen molar-refractivity contribution in [1.82, 2.24) is 4.90 Å². The molecular formula is C11H25NO3. The van der Waals surface area contributed by atoms with Crippen molar-refractivity contribution in [1.29, 1.82) is 0 Å². The summed E-state index contributed by atoms with van der Waals surface area (Å²) in [6.07, 6.45) is 1.87. The molecule has 1 saturated heterocycles. The first-order valence-electron chi connectivity index (χ1n) is 5.63. The van der Waals surface area contributed by atoms with E-state index in [1.807, 2.05) is 25.7 Å². The number of rotatable bonds is 3. The molecule has 0 spiro atoms. The molecule has 0 aromatic carbocycles. The van der Waals surface area contributed by atoms with Crippen molar-refractivity contribution in [3.8, 4) is 0 Å². The molecule has 1 heterocycles. The van der Waals surface area contributed by atoms with E-state index >= 15 is 0 Å². The Morgan fingerprint density at radius 2 is 1.93 bits per heavy atom. The van der Waals surface area contributed by atoms with Crippen LogP contribution in [0.5, 0.6) is 0 Å². The van der Waals surface area contributed by atoms with Crippen molar-refractivity contribution in [2.75, 3.05) is 33.4 Å². The van der Waals surface area contributed by atoms with Gasteiger partial charge in [-0.2, -0.15) is 0 Å². The third-order valence-electron chi connectivity index (χ3n) is 1.81. The van der Waals surface area contributed by atoms with Gasteiger partial charge in [0.25, 0.3) is 0 Å². The van der Waals surface area contributed by atoms with E-state index < -0.39 is 0 Å². The van der Waals surface area contributed by atoms with E-state index in [-0.39, 0.29) is 6.61 Å². The summed E-state index contributed by atoms with van der Waals surface area (Å²) < 4.78 is 4.44. The summed E-state index contributed by atoms with van der Waals surface area (Å²) in [5.41, 5.74) is 0. The van der Waals surface area contributed by atoms with E-state index in [2.05, 4.69) is 4.74 Å². The predicted octanol–water partition coefficient (Wildman–Crippen LogP) is 1.28. The van der Waals surface area contributed by atoms with Crippen molar-refractivity contribution in [3.63, 3.8) is 0 Å². The molecule has 0 aromatic rings. The lowest BCUT2D eigenvalue weighted by Crippen LogP contribution is -2.41. The number of methoxy groups -OCH3 is 1. The second-order valence-corrected chi connectivity index (χ2v) is 2.80. The normalized spacial score (nSPS) is 12.7. The summed E-state index contributed by atoms with van der Waals surface area (Å²) in [5, 5.41) is 7.94. The van der Waals surface area contributed by atoms with Crippen LogP contribution in [-0.2, 0) is 9.53 Å². The third-order valence-corrected chi connectivity index (χ3v) is 1.81. The Morgan fingerprint density at radius 3 is 2.00 bits per heavy atom. The lowest BCUT2D eigenvalue weighted by molar-refractivity contribution is -0.134. The topological polar surface area (TPSA) is 49.8 Å². The van der Waals surface area contributed by atoms with Crippen molar-refractivity contribution >= 4 is 5.91 Å². The second kappa shape index (κ2) is 13.4. The lowest BCUT2D eigenvalue weighted by Gasteiger charge is -2.30. The predicted molar refractivity (Wildman–Crippen MR) is 61.8 cm³/mol. The number of carbonyl (C=O) groups is 1. The van der Waals surface area contributed by atoms with Crippen molar-refractivity contribution in [3.05, 3.63) is 0 Å². The summed E-state index contributed by atoms with van der Waals surface area (Å²) >= 11 is 0. The van der Waals surface area contributed by atoms with Gasteiger partial charge in [-0.15, -0.1) is 0 Å². The molecule has 0 unspecified atom stereocenters. The highest BCUT2D eigenvalue weighted by molar-refractivity contribution is 5.76. The minimum Gasteiger partial charge on any atom is -0.394 e. The number of ether oxygens (including phenoxy) is 1. The minimum atomic E-state index is 0.122. The van der Waals surface area contributed by atoms with Gasteiger partial charge in [-0.25, -0.2) is 0 Å². The molecule has 1 aliphatic heterocycles. The summed E-state index contributed by atoms with van der Waals surface area (Å²) in [7, 11) is 1.55. The first-order valence-corrected chi connectivity index (χ1v) is 5.63. The maximum atomic E-state index is 10.7. The van der Waals surface area contributed by atoms with Crippen LogP contribution < -0.4 is 0 Å². The van der Waals surface area contributed by atoms with E-state index in [4.69, 9.17) is 5.11 Å². The molecule has 1 fully saturated rings. The highest BCUT2D eigenvalue weighted by Crippen LogP contribution is 2.06. The smallest absolute Gasteiger partial charge is 0.222 e. The molecule has 4 nitrogen and oxygen atoms in total. The van der Waals surface area contributed by atoms with Crippen LogP contribution in [-0.4, -0.2) is 49.3 Å². The average molecular weight is 219 g/mol. The Balaban J connectivity index is 0. The standard InChI is InChI=1S/C6H11NO.C3H8O2.C2H6/c1-2-6(8)7-4-3-5-7;1-5-3-2-4;1-2/h2-5H2,1H3;4H,2-3H2,1H3;1-2H3. The van der Waals surface area contributed by atoms with Gasteiger partial charge in [0, 0.05) is 26.6 Å². The number of aliphatic hydroxyl groups is 1. The Hall–Kier alpha value is -0.610. The van der Waals surface area contributed by atoms with Crippen LogP contribution in [0, 0.1) is 0 Å². The number of hydrogen-bond donors (Lipinski definition) is 1. The third kappa shape index (κ3) is 9.69. The Bertz CT molecular complexity index is 134.